The fourth-order valence-electron chi connectivity index (χ4n) is 1.49. The molecule has 16 heavy (non-hydrogen) atoms. The molecular weight excluding hydrogens is 214 g/mol. The summed E-state index contributed by atoms with van der Waals surface area (Å²) < 4.78 is 2.14. The zero-order valence-corrected chi connectivity index (χ0v) is 10.7. The molecule has 0 bridgehead atoms. The second kappa shape index (κ2) is 4.71. The maximum absolute atomic E-state index is 2.24. The van der Waals surface area contributed by atoms with Gasteiger partial charge >= 0.3 is 0 Å². The summed E-state index contributed by atoms with van der Waals surface area (Å²) >= 11 is 1.81. The number of nitrogens with zero attached hydrogens (tertiary/aromatic N) is 1. The minimum Gasteiger partial charge on any atom is -0.233 e. The summed E-state index contributed by atoms with van der Waals surface area (Å²) in [5.41, 5.74) is 0. The lowest BCUT2D eigenvalue weighted by atomic mass is 10.1. The molecule has 0 radical (unpaired) electrons. The Balaban J connectivity index is 2.37. The first kappa shape index (κ1) is 11.2. The highest BCUT2D eigenvalue weighted by molar-refractivity contribution is 8.13. The zero-order valence-electron chi connectivity index (χ0n) is 9.90. The van der Waals surface area contributed by atoms with Gasteiger partial charge in [0.2, 0.25) is 5.04 Å². The van der Waals surface area contributed by atoms with Crippen molar-refractivity contribution in [2.24, 2.45) is 0 Å². The average molecular weight is 230 g/mol. The van der Waals surface area contributed by atoms with E-state index in [1.807, 2.05) is 11.8 Å². The Morgan fingerprint density at radius 3 is 2.38 bits per heavy atom. The summed E-state index contributed by atoms with van der Waals surface area (Å²) in [4.78, 5) is 1.30. The highest BCUT2D eigenvalue weighted by Gasteiger charge is 2.04. The van der Waals surface area contributed by atoms with E-state index in [1.54, 1.807) is 0 Å². The molecule has 0 saturated heterocycles. The van der Waals surface area contributed by atoms with Crippen molar-refractivity contribution >= 4 is 27.6 Å². The highest BCUT2D eigenvalue weighted by Crippen LogP contribution is 2.24. The summed E-state index contributed by atoms with van der Waals surface area (Å²) in [6, 6.07) is 15.1. The molecule has 0 fully saturated rings. The van der Waals surface area contributed by atoms with Gasteiger partial charge in [-0.2, -0.15) is 0 Å². The minimum atomic E-state index is 1.30. The van der Waals surface area contributed by atoms with Crippen molar-refractivity contribution in [2.75, 3.05) is 14.1 Å². The second-order valence-corrected chi connectivity index (χ2v) is 5.29. The summed E-state index contributed by atoms with van der Waals surface area (Å²) in [6.07, 6.45) is 0. The van der Waals surface area contributed by atoms with E-state index in [2.05, 4.69) is 68.1 Å². The first-order valence-electron chi connectivity index (χ1n) is 5.34. The molecule has 0 aliphatic carbocycles. The lowest BCUT2D eigenvalue weighted by Gasteiger charge is -2.02. The van der Waals surface area contributed by atoms with E-state index >= 15 is 0 Å². The fourth-order valence-corrected chi connectivity index (χ4v) is 2.34. The van der Waals surface area contributed by atoms with Crippen molar-refractivity contribution < 1.29 is 4.58 Å². The van der Waals surface area contributed by atoms with Gasteiger partial charge in [-0.15, -0.1) is 0 Å². The third-order valence-corrected chi connectivity index (χ3v) is 3.77. The van der Waals surface area contributed by atoms with E-state index in [0.29, 0.717) is 0 Å². The maximum atomic E-state index is 2.24. The van der Waals surface area contributed by atoms with E-state index in [4.69, 9.17) is 0 Å². The van der Waals surface area contributed by atoms with Gasteiger partial charge in [0.05, 0.1) is 0 Å². The van der Waals surface area contributed by atoms with Crippen molar-refractivity contribution in [3.63, 3.8) is 0 Å². The van der Waals surface area contributed by atoms with Crippen molar-refractivity contribution in [3.8, 4) is 0 Å². The number of rotatable bonds is 1. The predicted molar refractivity (Wildman–Crippen MR) is 72.6 cm³/mol. The molecule has 0 atom stereocenters. The van der Waals surface area contributed by atoms with Gasteiger partial charge in [-0.3, -0.25) is 0 Å². The zero-order chi connectivity index (χ0) is 11.5. The third kappa shape index (κ3) is 2.45. The van der Waals surface area contributed by atoms with E-state index in [0.717, 1.165) is 0 Å². The Bertz CT molecular complexity index is 539. The first-order chi connectivity index (χ1) is 7.66. The van der Waals surface area contributed by atoms with Gasteiger partial charge in [-0.25, -0.2) is 4.58 Å². The Hall–Kier alpha value is -1.28. The van der Waals surface area contributed by atoms with Crippen LogP contribution in [0.1, 0.15) is 6.92 Å². The van der Waals surface area contributed by atoms with Crippen LogP contribution >= 0.6 is 11.8 Å². The largest absolute Gasteiger partial charge is 0.233 e. The van der Waals surface area contributed by atoms with Gasteiger partial charge in [0.25, 0.3) is 0 Å². The molecule has 2 heteroatoms. The molecule has 2 aromatic rings. The van der Waals surface area contributed by atoms with Gasteiger partial charge < -0.3 is 0 Å². The van der Waals surface area contributed by atoms with Crippen molar-refractivity contribution in [1.29, 1.82) is 0 Å². The molecule has 0 aliphatic heterocycles. The predicted octanol–water partition coefficient (Wildman–Crippen LogP) is 3.62. The number of benzene rings is 2. The second-order valence-electron chi connectivity index (χ2n) is 4.02. The third-order valence-electron chi connectivity index (χ3n) is 2.62. The van der Waals surface area contributed by atoms with Crippen LogP contribution in [0.5, 0.6) is 0 Å². The molecule has 0 aromatic heterocycles. The van der Waals surface area contributed by atoms with Crippen LogP contribution in [0.25, 0.3) is 10.8 Å². The average Bonchev–Trinajstić information content (AvgIpc) is 2.28. The van der Waals surface area contributed by atoms with Crippen LogP contribution in [0.4, 0.5) is 0 Å². The fraction of sp³-hybridized carbons (Fsp3) is 0.214. The number of hydrogen-bond acceptors (Lipinski definition) is 1. The van der Waals surface area contributed by atoms with Gasteiger partial charge in [0.15, 0.2) is 0 Å². The molecular formula is C14H16NS+. The Morgan fingerprint density at radius 2 is 1.69 bits per heavy atom. The van der Waals surface area contributed by atoms with E-state index in [-0.39, 0.29) is 0 Å². The van der Waals surface area contributed by atoms with Crippen molar-refractivity contribution in [1.82, 2.24) is 0 Å². The Labute approximate surface area is 101 Å². The first-order valence-corrected chi connectivity index (χ1v) is 6.16. The van der Waals surface area contributed by atoms with Crippen LogP contribution < -0.4 is 0 Å². The Kier molecular flexibility index (Phi) is 3.30. The van der Waals surface area contributed by atoms with Crippen LogP contribution in [0, 0.1) is 0 Å². The monoisotopic (exact) mass is 230 g/mol. The summed E-state index contributed by atoms with van der Waals surface area (Å²) in [5, 5.41) is 3.91. The van der Waals surface area contributed by atoms with Gasteiger partial charge in [0.1, 0.15) is 14.1 Å². The Morgan fingerprint density at radius 1 is 1.00 bits per heavy atom. The van der Waals surface area contributed by atoms with E-state index < -0.39 is 0 Å². The molecule has 0 aliphatic rings. The molecule has 1 nitrogen and oxygen atoms in total. The SMILES string of the molecule is CC(Sc1ccc2ccccc2c1)=[N+](C)C. The minimum absolute atomic E-state index is 1.30. The summed E-state index contributed by atoms with van der Waals surface area (Å²) in [6.45, 7) is 2.14. The van der Waals surface area contributed by atoms with Crippen LogP contribution in [0.2, 0.25) is 0 Å². The molecule has 0 spiro atoms. The molecule has 0 heterocycles. The quantitative estimate of drug-likeness (QED) is 0.313. The van der Waals surface area contributed by atoms with Crippen molar-refractivity contribution in [3.05, 3.63) is 42.5 Å². The lowest BCUT2D eigenvalue weighted by Crippen LogP contribution is -2.04. The van der Waals surface area contributed by atoms with Gasteiger partial charge in [-0.05, 0) is 34.7 Å². The molecule has 2 aromatic carbocycles. The normalized spacial score (nSPS) is 10.4. The van der Waals surface area contributed by atoms with Crippen LogP contribution in [0.3, 0.4) is 0 Å². The lowest BCUT2D eigenvalue weighted by molar-refractivity contribution is -0.461. The van der Waals surface area contributed by atoms with Crippen molar-refractivity contribution in [2.45, 2.75) is 11.8 Å². The molecule has 0 saturated carbocycles. The molecule has 82 valence electrons. The maximum Gasteiger partial charge on any atom is 0.211 e. The van der Waals surface area contributed by atoms with E-state index in [9.17, 15) is 0 Å². The number of thioether (sulfide) groups is 1. The van der Waals surface area contributed by atoms with Gasteiger partial charge in [0, 0.05) is 11.8 Å². The summed E-state index contributed by atoms with van der Waals surface area (Å²) in [7, 11) is 4.15. The molecule has 0 unspecified atom stereocenters. The highest BCUT2D eigenvalue weighted by atomic mass is 32.2. The summed E-state index contributed by atoms with van der Waals surface area (Å²) in [5.74, 6) is 0. The van der Waals surface area contributed by atoms with Crippen LogP contribution in [-0.4, -0.2) is 23.7 Å². The molecule has 0 N–H and O–H groups in total. The standard InChI is InChI=1S/C14H16NS/c1-11(15(2)3)16-14-9-8-12-6-4-5-7-13(12)10-14/h4-10H,1-3H3/q+1. The number of fused-ring (bicyclic) bond motifs is 1. The smallest absolute Gasteiger partial charge is 0.211 e. The number of hydrogen-bond donors (Lipinski definition) is 0. The van der Waals surface area contributed by atoms with Crippen LogP contribution in [-0.2, 0) is 0 Å². The molecule has 2 rings (SSSR count). The van der Waals surface area contributed by atoms with Gasteiger partial charge in [-0.1, -0.05) is 30.3 Å². The van der Waals surface area contributed by atoms with E-state index in [1.165, 1.54) is 20.7 Å². The molecule has 0 amide bonds. The topological polar surface area (TPSA) is 3.01 Å². The van der Waals surface area contributed by atoms with Crippen LogP contribution in [0.15, 0.2) is 47.4 Å².